The Balaban J connectivity index is 1.77. The van der Waals surface area contributed by atoms with Gasteiger partial charge in [0, 0.05) is 12.5 Å². The molecule has 1 aliphatic rings. The number of para-hydroxylation sites is 2. The number of carbonyl (C=O) groups excluding carboxylic acids is 3. The molecule has 1 N–H and O–H groups in total. The largest absolute Gasteiger partial charge is 0.452 e. The Morgan fingerprint density at radius 2 is 2.04 bits per heavy atom. The highest BCUT2D eigenvalue weighted by Gasteiger charge is 2.30. The van der Waals surface area contributed by atoms with Crippen LogP contribution in [0.25, 0.3) is 0 Å². The molecular weight excluding hydrogens is 375 g/mol. The molecule has 140 valence electrons. The summed E-state index contributed by atoms with van der Waals surface area (Å²) in [4.78, 5) is 38.3. The van der Waals surface area contributed by atoms with Crippen LogP contribution in [0.4, 0.5) is 15.8 Å². The summed E-state index contributed by atoms with van der Waals surface area (Å²) in [6, 6.07) is 9.72. The van der Waals surface area contributed by atoms with Crippen molar-refractivity contribution in [1.82, 2.24) is 0 Å². The molecular formula is C19H16ClFN2O4. The van der Waals surface area contributed by atoms with Gasteiger partial charge < -0.3 is 15.0 Å². The Bertz CT molecular complexity index is 918. The van der Waals surface area contributed by atoms with Crippen molar-refractivity contribution < 1.29 is 23.5 Å². The van der Waals surface area contributed by atoms with E-state index >= 15 is 0 Å². The van der Waals surface area contributed by atoms with Crippen LogP contribution in [0.5, 0.6) is 0 Å². The molecule has 0 aliphatic carbocycles. The van der Waals surface area contributed by atoms with Crippen LogP contribution in [0, 0.1) is 5.82 Å². The summed E-state index contributed by atoms with van der Waals surface area (Å²) in [5, 5.41) is 2.65. The highest BCUT2D eigenvalue weighted by molar-refractivity contribution is 6.33. The van der Waals surface area contributed by atoms with Crippen LogP contribution in [0.2, 0.25) is 5.02 Å². The minimum absolute atomic E-state index is 0.0352. The molecule has 6 nitrogen and oxygen atoms in total. The van der Waals surface area contributed by atoms with Crippen molar-refractivity contribution in [1.29, 1.82) is 0 Å². The van der Waals surface area contributed by atoms with Gasteiger partial charge in [0.15, 0.2) is 6.61 Å². The standard InChI is InChI=1S/C19H16ClFN2O4/c1-11-8-17(24)22-15-4-2-3-5-16(15)23(11)18(25)10-27-19(26)13-7-6-12(21)9-14(13)20/h2-7,9,11H,8,10H2,1H3,(H,22,24). The topological polar surface area (TPSA) is 75.7 Å². The van der Waals surface area contributed by atoms with Gasteiger partial charge in [-0.15, -0.1) is 0 Å². The lowest BCUT2D eigenvalue weighted by molar-refractivity contribution is -0.122. The first kappa shape index (κ1) is 18.8. The van der Waals surface area contributed by atoms with Gasteiger partial charge in [0.05, 0.1) is 22.0 Å². The molecule has 0 spiro atoms. The number of amides is 2. The van der Waals surface area contributed by atoms with Crippen molar-refractivity contribution in [2.45, 2.75) is 19.4 Å². The first-order chi connectivity index (χ1) is 12.9. The second-order valence-corrected chi connectivity index (χ2v) is 6.49. The molecule has 0 aromatic heterocycles. The number of ether oxygens (including phenoxy) is 1. The highest BCUT2D eigenvalue weighted by Crippen LogP contribution is 2.31. The van der Waals surface area contributed by atoms with E-state index in [4.69, 9.17) is 16.3 Å². The quantitative estimate of drug-likeness (QED) is 0.815. The van der Waals surface area contributed by atoms with Gasteiger partial charge in [0.1, 0.15) is 5.82 Å². The molecule has 8 heteroatoms. The smallest absolute Gasteiger partial charge is 0.340 e. The van der Waals surface area contributed by atoms with E-state index in [1.54, 1.807) is 31.2 Å². The van der Waals surface area contributed by atoms with Crippen LogP contribution in [0.15, 0.2) is 42.5 Å². The fourth-order valence-electron chi connectivity index (χ4n) is 2.90. The SMILES string of the molecule is CC1CC(=O)Nc2ccccc2N1C(=O)COC(=O)c1ccc(F)cc1Cl. The molecule has 1 aliphatic heterocycles. The summed E-state index contributed by atoms with van der Waals surface area (Å²) in [5.41, 5.74) is 0.997. The first-order valence-corrected chi connectivity index (χ1v) is 8.57. The molecule has 3 rings (SSSR count). The number of esters is 1. The van der Waals surface area contributed by atoms with Gasteiger partial charge in [-0.05, 0) is 37.3 Å². The van der Waals surface area contributed by atoms with Crippen LogP contribution < -0.4 is 10.2 Å². The fourth-order valence-corrected chi connectivity index (χ4v) is 3.14. The third kappa shape index (κ3) is 4.09. The predicted molar refractivity (Wildman–Crippen MR) is 98.3 cm³/mol. The number of halogens is 2. The van der Waals surface area contributed by atoms with E-state index in [9.17, 15) is 18.8 Å². The number of fused-ring (bicyclic) bond motifs is 1. The average Bonchev–Trinajstić information content (AvgIpc) is 2.73. The van der Waals surface area contributed by atoms with Crippen molar-refractivity contribution in [2.24, 2.45) is 0 Å². The molecule has 0 saturated carbocycles. The second-order valence-electron chi connectivity index (χ2n) is 6.08. The van der Waals surface area contributed by atoms with Crippen LogP contribution in [-0.2, 0) is 14.3 Å². The number of nitrogens with zero attached hydrogens (tertiary/aromatic N) is 1. The third-order valence-electron chi connectivity index (χ3n) is 4.11. The Labute approximate surface area is 159 Å². The number of anilines is 2. The lowest BCUT2D eigenvalue weighted by Gasteiger charge is -2.27. The summed E-state index contributed by atoms with van der Waals surface area (Å²) in [7, 11) is 0. The molecule has 27 heavy (non-hydrogen) atoms. The lowest BCUT2D eigenvalue weighted by Crippen LogP contribution is -2.41. The molecule has 1 atom stereocenters. The van der Waals surface area contributed by atoms with E-state index in [-0.39, 0.29) is 22.9 Å². The van der Waals surface area contributed by atoms with Crippen LogP contribution in [0.1, 0.15) is 23.7 Å². The Kier molecular flexibility index (Phi) is 5.41. The number of carbonyl (C=O) groups is 3. The van der Waals surface area contributed by atoms with Crippen molar-refractivity contribution in [3.63, 3.8) is 0 Å². The minimum Gasteiger partial charge on any atom is -0.452 e. The van der Waals surface area contributed by atoms with Crippen molar-refractivity contribution in [3.05, 3.63) is 58.9 Å². The predicted octanol–water partition coefficient (Wildman–Crippen LogP) is 3.40. The molecule has 0 radical (unpaired) electrons. The van der Waals surface area contributed by atoms with Gasteiger partial charge in [-0.25, -0.2) is 9.18 Å². The maximum atomic E-state index is 13.1. The maximum Gasteiger partial charge on any atom is 0.340 e. The zero-order chi connectivity index (χ0) is 19.6. The van der Waals surface area contributed by atoms with Crippen LogP contribution >= 0.6 is 11.6 Å². The number of benzene rings is 2. The summed E-state index contributed by atoms with van der Waals surface area (Å²) >= 11 is 5.83. The molecule has 0 fully saturated rings. The summed E-state index contributed by atoms with van der Waals surface area (Å²) in [5.74, 6) is -2.11. The van der Waals surface area contributed by atoms with Gasteiger partial charge in [0.25, 0.3) is 5.91 Å². The third-order valence-corrected chi connectivity index (χ3v) is 4.42. The molecule has 2 aromatic carbocycles. The number of nitrogens with one attached hydrogen (secondary N) is 1. The van der Waals surface area contributed by atoms with Crippen molar-refractivity contribution >= 4 is 40.8 Å². The molecule has 2 aromatic rings. The maximum absolute atomic E-state index is 13.1. The van der Waals surface area contributed by atoms with Gasteiger partial charge in [-0.3, -0.25) is 9.59 Å². The van der Waals surface area contributed by atoms with Gasteiger partial charge in [-0.1, -0.05) is 23.7 Å². The van der Waals surface area contributed by atoms with Crippen molar-refractivity contribution in [3.8, 4) is 0 Å². The zero-order valence-electron chi connectivity index (χ0n) is 14.4. The van der Waals surface area contributed by atoms with Crippen molar-refractivity contribution in [2.75, 3.05) is 16.8 Å². The van der Waals surface area contributed by atoms with Gasteiger partial charge in [-0.2, -0.15) is 0 Å². The second kappa shape index (κ2) is 7.75. The number of hydrogen-bond donors (Lipinski definition) is 1. The van der Waals surface area contributed by atoms with Gasteiger partial charge in [0.2, 0.25) is 5.91 Å². The Hall–Kier alpha value is -2.93. The summed E-state index contributed by atoms with van der Waals surface area (Å²) < 4.78 is 18.1. The molecule has 1 unspecified atom stereocenters. The molecule has 2 amide bonds. The average molecular weight is 391 g/mol. The van der Waals surface area contributed by atoms with E-state index in [0.717, 1.165) is 12.1 Å². The number of rotatable bonds is 3. The fraction of sp³-hybridized carbons (Fsp3) is 0.211. The van der Waals surface area contributed by atoms with Crippen LogP contribution in [0.3, 0.4) is 0 Å². The minimum atomic E-state index is -0.835. The summed E-state index contributed by atoms with van der Waals surface area (Å²) in [6.45, 7) is 1.19. The number of hydrogen-bond acceptors (Lipinski definition) is 4. The van der Waals surface area contributed by atoms with Crippen LogP contribution in [-0.4, -0.2) is 30.4 Å². The molecule has 0 bridgehead atoms. The van der Waals surface area contributed by atoms with E-state index in [1.807, 2.05) is 0 Å². The first-order valence-electron chi connectivity index (χ1n) is 8.20. The van der Waals surface area contributed by atoms with E-state index < -0.39 is 30.3 Å². The molecule has 1 heterocycles. The Morgan fingerprint density at radius 3 is 2.78 bits per heavy atom. The molecule has 0 saturated heterocycles. The normalized spacial score (nSPS) is 16.2. The lowest BCUT2D eigenvalue weighted by atomic mass is 10.1. The van der Waals surface area contributed by atoms with E-state index in [1.165, 1.54) is 11.0 Å². The highest BCUT2D eigenvalue weighted by atomic mass is 35.5. The summed E-state index contributed by atoms with van der Waals surface area (Å²) in [6.07, 6.45) is 0.109. The van der Waals surface area contributed by atoms with Gasteiger partial charge >= 0.3 is 5.97 Å². The zero-order valence-corrected chi connectivity index (χ0v) is 15.1. The van der Waals surface area contributed by atoms with E-state index in [0.29, 0.717) is 11.4 Å². The van der Waals surface area contributed by atoms with E-state index in [2.05, 4.69) is 5.32 Å². The Morgan fingerprint density at radius 1 is 1.30 bits per heavy atom. The monoisotopic (exact) mass is 390 g/mol.